The van der Waals surface area contributed by atoms with Gasteiger partial charge in [0.05, 0.1) is 0 Å². The van der Waals surface area contributed by atoms with Crippen LogP contribution in [0.15, 0.2) is 105 Å². The predicted octanol–water partition coefficient (Wildman–Crippen LogP) is 8.41. The Hall–Kier alpha value is -4.10. The van der Waals surface area contributed by atoms with E-state index in [1.165, 1.54) is 0 Å². The number of hydrogen-bond acceptors (Lipinski definition) is 1. The van der Waals surface area contributed by atoms with Crippen molar-refractivity contribution in [2.45, 2.75) is 0 Å². The molecular weight excluding hydrogens is 376 g/mol. The largest absolute Gasteiger partial charge is 0.508 e. The van der Waals surface area contributed by atoms with Crippen molar-refractivity contribution < 1.29 is 5.11 Å². The number of fused-ring (bicyclic) bond motifs is 2. The molecule has 0 aliphatic carbocycles. The molecule has 0 aliphatic rings. The lowest BCUT2D eigenvalue weighted by Gasteiger charge is -2.20. The first-order valence-electron chi connectivity index (χ1n) is 10.1. The average Bonchev–Trinajstić information content (AvgIpc) is 2.80. The van der Waals surface area contributed by atoms with E-state index in [0.29, 0.717) is 0 Å². The summed E-state index contributed by atoms with van der Waals surface area (Å²) in [6.45, 7) is 16.1. The Bertz CT molecular complexity index is 1400. The average molecular weight is 401 g/mol. The molecular formula is C30H24O. The topological polar surface area (TPSA) is 20.2 Å². The molecule has 0 fully saturated rings. The van der Waals surface area contributed by atoms with Crippen molar-refractivity contribution in [3.63, 3.8) is 0 Å². The molecule has 0 aliphatic heterocycles. The van der Waals surface area contributed by atoms with Gasteiger partial charge in [0.15, 0.2) is 0 Å². The molecule has 1 N–H and O–H groups in total. The summed E-state index contributed by atoms with van der Waals surface area (Å²) in [4.78, 5) is 0. The van der Waals surface area contributed by atoms with Crippen LogP contribution in [0.4, 0.5) is 0 Å². The van der Waals surface area contributed by atoms with Gasteiger partial charge in [-0.05, 0) is 73.1 Å². The summed E-state index contributed by atoms with van der Waals surface area (Å²) < 4.78 is 0. The Balaban J connectivity index is 2.17. The van der Waals surface area contributed by atoms with Crippen molar-refractivity contribution in [1.82, 2.24) is 0 Å². The second kappa shape index (κ2) is 8.33. The Morgan fingerprint density at radius 2 is 1.42 bits per heavy atom. The van der Waals surface area contributed by atoms with Crippen molar-refractivity contribution in [3.05, 3.63) is 122 Å². The van der Waals surface area contributed by atoms with Gasteiger partial charge in [-0.2, -0.15) is 0 Å². The van der Waals surface area contributed by atoms with Gasteiger partial charge in [-0.1, -0.05) is 99.2 Å². The number of phenolic OH excluding ortho intramolecular Hbond substituents is 1. The number of phenols is 1. The van der Waals surface area contributed by atoms with Gasteiger partial charge in [0.1, 0.15) is 5.75 Å². The van der Waals surface area contributed by atoms with E-state index in [-0.39, 0.29) is 5.75 Å². The van der Waals surface area contributed by atoms with Gasteiger partial charge in [-0.25, -0.2) is 0 Å². The molecule has 0 saturated carbocycles. The zero-order valence-corrected chi connectivity index (χ0v) is 17.4. The fraction of sp³-hybridized carbons (Fsp3) is 0. The number of hydrogen-bond donors (Lipinski definition) is 1. The van der Waals surface area contributed by atoms with E-state index in [1.54, 1.807) is 18.2 Å². The van der Waals surface area contributed by atoms with E-state index in [4.69, 9.17) is 0 Å². The molecule has 0 spiro atoms. The van der Waals surface area contributed by atoms with E-state index >= 15 is 0 Å². The van der Waals surface area contributed by atoms with Crippen LogP contribution >= 0.6 is 0 Å². The molecule has 0 atom stereocenters. The van der Waals surface area contributed by atoms with Crippen LogP contribution in [0.5, 0.6) is 5.75 Å². The summed E-state index contributed by atoms with van der Waals surface area (Å²) in [5.41, 5.74) is 6.31. The molecule has 150 valence electrons. The van der Waals surface area contributed by atoms with Gasteiger partial charge in [0, 0.05) is 0 Å². The summed E-state index contributed by atoms with van der Waals surface area (Å²) in [5.74, 6) is 0.265. The third kappa shape index (κ3) is 3.41. The predicted molar refractivity (Wildman–Crippen MR) is 137 cm³/mol. The highest BCUT2D eigenvalue weighted by atomic mass is 16.3. The van der Waals surface area contributed by atoms with Crippen molar-refractivity contribution in [3.8, 4) is 16.9 Å². The Morgan fingerprint density at radius 3 is 2.10 bits per heavy atom. The maximum atomic E-state index is 9.81. The Labute approximate surface area is 183 Å². The number of rotatable bonds is 6. The molecule has 0 radical (unpaired) electrons. The molecule has 0 bridgehead atoms. The van der Waals surface area contributed by atoms with Crippen LogP contribution in [0.3, 0.4) is 0 Å². The van der Waals surface area contributed by atoms with Crippen LogP contribution in [0.1, 0.15) is 16.7 Å². The minimum atomic E-state index is 0.265. The first kappa shape index (κ1) is 20.2. The summed E-state index contributed by atoms with van der Waals surface area (Å²) in [5, 5.41) is 14.1. The minimum absolute atomic E-state index is 0.265. The highest BCUT2D eigenvalue weighted by Crippen LogP contribution is 2.42. The van der Waals surface area contributed by atoms with Gasteiger partial charge in [0.2, 0.25) is 0 Å². The first-order valence-corrected chi connectivity index (χ1v) is 10.1. The SMILES string of the molecule is C=C/C=C(\C=C)c1c(C=C)c(C=C)c(-c2ccc3cc(O)ccc3c2)c2ccccc12. The van der Waals surface area contributed by atoms with Gasteiger partial charge in [-0.3, -0.25) is 0 Å². The van der Waals surface area contributed by atoms with Crippen LogP contribution < -0.4 is 0 Å². The smallest absolute Gasteiger partial charge is 0.116 e. The summed E-state index contributed by atoms with van der Waals surface area (Å²) in [7, 11) is 0. The second-order valence-corrected chi connectivity index (χ2v) is 7.34. The van der Waals surface area contributed by atoms with Crippen LogP contribution in [0.25, 0.3) is 50.4 Å². The standard InChI is InChI=1S/C30H24O/c1-5-11-20(6-2)29-25(7-3)26(8-4)30(28-13-10-9-12-27(28)29)23-15-14-22-19-24(31)17-16-21(22)18-23/h5-19,31H,1-4H2/b20-11+. The highest BCUT2D eigenvalue weighted by molar-refractivity contribution is 6.10. The number of aromatic hydroxyl groups is 1. The molecule has 1 heteroatoms. The second-order valence-electron chi connectivity index (χ2n) is 7.34. The van der Waals surface area contributed by atoms with Crippen molar-refractivity contribution in [2.24, 2.45) is 0 Å². The molecule has 0 heterocycles. The molecule has 31 heavy (non-hydrogen) atoms. The zero-order chi connectivity index (χ0) is 22.0. The minimum Gasteiger partial charge on any atom is -0.508 e. The van der Waals surface area contributed by atoms with Gasteiger partial charge in [0.25, 0.3) is 0 Å². The van der Waals surface area contributed by atoms with Crippen LogP contribution in [0, 0.1) is 0 Å². The van der Waals surface area contributed by atoms with Gasteiger partial charge < -0.3 is 5.11 Å². The van der Waals surface area contributed by atoms with Crippen molar-refractivity contribution >= 4 is 39.3 Å². The lowest BCUT2D eigenvalue weighted by Crippen LogP contribution is -1.98. The van der Waals surface area contributed by atoms with Crippen molar-refractivity contribution in [1.29, 1.82) is 0 Å². The van der Waals surface area contributed by atoms with Gasteiger partial charge in [-0.15, -0.1) is 0 Å². The number of benzene rings is 4. The van der Waals surface area contributed by atoms with Gasteiger partial charge >= 0.3 is 0 Å². The maximum Gasteiger partial charge on any atom is 0.116 e. The first-order chi connectivity index (χ1) is 15.1. The van der Waals surface area contributed by atoms with Crippen molar-refractivity contribution in [2.75, 3.05) is 0 Å². The molecule has 0 aromatic heterocycles. The van der Waals surface area contributed by atoms with Crippen LogP contribution in [-0.2, 0) is 0 Å². The molecule has 0 amide bonds. The molecule has 1 nitrogen and oxygen atoms in total. The van der Waals surface area contributed by atoms with E-state index in [0.717, 1.165) is 54.9 Å². The molecule has 4 aromatic rings. The van der Waals surface area contributed by atoms with E-state index in [1.807, 2.05) is 42.5 Å². The molecule has 0 unspecified atom stereocenters. The molecule has 0 saturated heterocycles. The third-order valence-electron chi connectivity index (χ3n) is 5.62. The summed E-state index contributed by atoms with van der Waals surface area (Å²) in [6.07, 6.45) is 9.39. The quantitative estimate of drug-likeness (QED) is 0.322. The van der Waals surface area contributed by atoms with Crippen LogP contribution in [0.2, 0.25) is 0 Å². The Morgan fingerprint density at radius 1 is 0.742 bits per heavy atom. The van der Waals surface area contributed by atoms with E-state index in [9.17, 15) is 5.11 Å². The Kier molecular flexibility index (Phi) is 5.43. The fourth-order valence-corrected chi connectivity index (χ4v) is 4.29. The van der Waals surface area contributed by atoms with E-state index in [2.05, 4.69) is 56.6 Å². The maximum absolute atomic E-state index is 9.81. The van der Waals surface area contributed by atoms with Crippen LogP contribution in [-0.4, -0.2) is 5.11 Å². The zero-order valence-electron chi connectivity index (χ0n) is 17.4. The molecule has 4 aromatic carbocycles. The summed E-state index contributed by atoms with van der Waals surface area (Å²) in [6, 6.07) is 20.1. The summed E-state index contributed by atoms with van der Waals surface area (Å²) >= 11 is 0. The lowest BCUT2D eigenvalue weighted by atomic mass is 9.83. The highest BCUT2D eigenvalue weighted by Gasteiger charge is 2.18. The molecule has 4 rings (SSSR count). The van der Waals surface area contributed by atoms with E-state index < -0.39 is 0 Å². The normalized spacial score (nSPS) is 11.4. The third-order valence-corrected chi connectivity index (χ3v) is 5.62. The lowest BCUT2D eigenvalue weighted by molar-refractivity contribution is 0.476. The fourth-order valence-electron chi connectivity index (χ4n) is 4.29. The number of allylic oxidation sites excluding steroid dienone is 4. The monoisotopic (exact) mass is 400 g/mol.